The smallest absolute Gasteiger partial charge is 0.380 e. The van der Waals surface area contributed by atoms with E-state index in [0.29, 0.717) is 11.8 Å². The molecule has 29 heavy (non-hydrogen) atoms. The molecular formula is C14H20N2O7P2S4. The lowest BCUT2D eigenvalue weighted by Gasteiger charge is -2.26. The Morgan fingerprint density at radius 1 is 1.31 bits per heavy atom. The molecule has 0 aliphatic carbocycles. The number of para-hydroxylation sites is 1. The minimum Gasteiger partial charge on any atom is -0.472 e. The van der Waals surface area contributed by atoms with Crippen molar-refractivity contribution in [3.8, 4) is 10.9 Å². The number of benzene rings is 1. The van der Waals surface area contributed by atoms with E-state index in [9.17, 15) is 4.79 Å². The molecule has 3 rings (SSSR count). The van der Waals surface area contributed by atoms with Crippen LogP contribution < -0.4 is 14.1 Å². The average molecular weight is 519 g/mol. The molecule has 0 spiro atoms. The van der Waals surface area contributed by atoms with Crippen LogP contribution in [0.15, 0.2) is 29.1 Å². The van der Waals surface area contributed by atoms with Gasteiger partial charge in [0.15, 0.2) is 0 Å². The summed E-state index contributed by atoms with van der Waals surface area (Å²) in [6.07, 6.45) is 0. The molecule has 0 saturated carbocycles. The van der Waals surface area contributed by atoms with Crippen LogP contribution in [0.3, 0.4) is 0 Å². The largest absolute Gasteiger partial charge is 0.472 e. The number of hydrogen-bond acceptors (Lipinski definition) is 12. The Bertz CT molecular complexity index is 959. The third-order valence-electron chi connectivity index (χ3n) is 3.33. The van der Waals surface area contributed by atoms with Crippen LogP contribution in [0, 0.1) is 0 Å². The highest BCUT2D eigenvalue weighted by atomic mass is 32.9. The Labute approximate surface area is 186 Å². The van der Waals surface area contributed by atoms with Crippen LogP contribution in [-0.4, -0.2) is 38.2 Å². The highest BCUT2D eigenvalue weighted by molar-refractivity contribution is 8.67. The van der Waals surface area contributed by atoms with E-state index in [1.807, 2.05) is 24.3 Å². The molecule has 1 atom stereocenters. The first-order valence-electron chi connectivity index (χ1n) is 7.84. The van der Waals surface area contributed by atoms with E-state index in [2.05, 4.69) is 5.10 Å². The zero-order chi connectivity index (χ0) is 21.5. The molecular weight excluding hydrogens is 498 g/mol. The summed E-state index contributed by atoms with van der Waals surface area (Å²) in [5, 5.41) is 4.27. The van der Waals surface area contributed by atoms with Crippen LogP contribution in [0.4, 0.5) is 0 Å². The fraction of sp³-hybridized carbons (Fsp3) is 0.429. The second kappa shape index (κ2) is 11.3. The molecule has 0 fully saturated rings. The lowest BCUT2D eigenvalue weighted by Crippen LogP contribution is -2.12. The molecule has 0 amide bonds. The molecule has 2 aromatic rings. The van der Waals surface area contributed by atoms with Gasteiger partial charge in [-0.2, -0.15) is 0 Å². The fourth-order valence-corrected chi connectivity index (χ4v) is 6.46. The summed E-state index contributed by atoms with van der Waals surface area (Å²) in [6.45, 7) is -2.02. The van der Waals surface area contributed by atoms with E-state index in [0.717, 1.165) is 22.6 Å². The van der Waals surface area contributed by atoms with E-state index in [4.69, 9.17) is 51.0 Å². The molecule has 1 aromatic carbocycles. The van der Waals surface area contributed by atoms with Crippen LogP contribution in [0.25, 0.3) is 0 Å². The van der Waals surface area contributed by atoms with Gasteiger partial charge in [0.1, 0.15) is 11.6 Å². The second-order valence-electron chi connectivity index (χ2n) is 5.01. The molecule has 2 heterocycles. The van der Waals surface area contributed by atoms with E-state index >= 15 is 0 Å². The monoisotopic (exact) mass is 518 g/mol. The number of aromatic nitrogens is 2. The normalized spacial score (nSPS) is 18.2. The van der Waals surface area contributed by atoms with Crippen LogP contribution >= 0.6 is 35.1 Å². The Balaban J connectivity index is 0.000000211. The van der Waals surface area contributed by atoms with Crippen molar-refractivity contribution in [3.63, 3.8) is 0 Å². The molecule has 1 aliphatic heterocycles. The molecule has 0 radical (unpaired) electrons. The standard InChI is InChI=1S/C8H9O3PS.C6H11N2O4PS3/c1-9-12(13)10-6-7-4-2-3-5-8(7)11-12;1-10-5-7-8(6(9)16-5)4-15-13(14,11-2)12-3/h2-5H,6H2,1H3;4H2,1-3H3. The van der Waals surface area contributed by atoms with Crippen molar-refractivity contribution in [1.29, 1.82) is 0 Å². The van der Waals surface area contributed by atoms with E-state index in [1.54, 1.807) is 0 Å². The summed E-state index contributed by atoms with van der Waals surface area (Å²) in [7, 11) is 5.95. The average Bonchev–Trinajstić information content (AvgIpc) is 3.12. The molecule has 1 aliphatic rings. The quantitative estimate of drug-likeness (QED) is 0.499. The third-order valence-corrected chi connectivity index (χ3v) is 12.0. The fourth-order valence-electron chi connectivity index (χ4n) is 1.85. The van der Waals surface area contributed by atoms with Crippen LogP contribution in [0.2, 0.25) is 0 Å². The van der Waals surface area contributed by atoms with E-state index < -0.39 is 12.4 Å². The summed E-state index contributed by atoms with van der Waals surface area (Å²) in [6, 6.07) is 7.66. The number of hydrogen-bond donors (Lipinski definition) is 0. The summed E-state index contributed by atoms with van der Waals surface area (Å²) >= 11 is 12.4. The van der Waals surface area contributed by atoms with Gasteiger partial charge >= 0.3 is 11.6 Å². The van der Waals surface area contributed by atoms with Crippen molar-refractivity contribution in [2.24, 2.45) is 0 Å². The predicted octanol–water partition coefficient (Wildman–Crippen LogP) is 3.99. The topological polar surface area (TPSA) is 90.3 Å². The van der Waals surface area contributed by atoms with Gasteiger partial charge in [-0.3, -0.25) is 9.32 Å². The van der Waals surface area contributed by atoms with Crippen molar-refractivity contribution in [3.05, 3.63) is 39.5 Å². The van der Waals surface area contributed by atoms with Crippen molar-refractivity contribution < 1.29 is 27.4 Å². The maximum atomic E-state index is 11.4. The lowest BCUT2D eigenvalue weighted by molar-refractivity contribution is 0.203. The number of fused-ring (bicyclic) bond motifs is 1. The zero-order valence-corrected chi connectivity index (χ0v) is 21.1. The minimum absolute atomic E-state index is 0.196. The predicted molar refractivity (Wildman–Crippen MR) is 122 cm³/mol. The van der Waals surface area contributed by atoms with Gasteiger partial charge < -0.3 is 22.8 Å². The van der Waals surface area contributed by atoms with Gasteiger partial charge in [-0.1, -0.05) is 18.2 Å². The van der Waals surface area contributed by atoms with E-state index in [-0.39, 0.29) is 10.7 Å². The van der Waals surface area contributed by atoms with Crippen molar-refractivity contribution in [1.82, 2.24) is 9.78 Å². The number of methoxy groups -OCH3 is 1. The van der Waals surface area contributed by atoms with Crippen molar-refractivity contribution in [2.45, 2.75) is 12.5 Å². The molecule has 1 unspecified atom stereocenters. The molecule has 162 valence electrons. The summed E-state index contributed by atoms with van der Waals surface area (Å²) < 4.78 is 32.1. The van der Waals surface area contributed by atoms with Crippen molar-refractivity contribution >= 4 is 58.7 Å². The molecule has 15 heteroatoms. The highest BCUT2D eigenvalue weighted by Gasteiger charge is 2.27. The van der Waals surface area contributed by atoms with Crippen LogP contribution in [0.1, 0.15) is 5.56 Å². The molecule has 0 N–H and O–H groups in total. The molecule has 1 aromatic heterocycles. The first-order valence-corrected chi connectivity index (χ1v) is 15.4. The van der Waals surface area contributed by atoms with Crippen LogP contribution in [0.5, 0.6) is 10.9 Å². The van der Waals surface area contributed by atoms with Gasteiger partial charge in [0.25, 0.3) is 5.19 Å². The molecule has 9 nitrogen and oxygen atoms in total. The maximum Gasteiger partial charge on any atom is 0.380 e. The second-order valence-corrected chi connectivity index (χ2v) is 15.4. The Kier molecular flexibility index (Phi) is 9.75. The van der Waals surface area contributed by atoms with Gasteiger partial charge in [0.2, 0.25) is 5.69 Å². The number of nitrogens with zero attached hydrogens (tertiary/aromatic N) is 2. The SMILES string of the molecule is COP1(=S)OCc2ccccc2O1.COc1nn(CSP(=S)(OC)OC)c(=O)s1. The van der Waals surface area contributed by atoms with Crippen molar-refractivity contribution in [2.75, 3.05) is 28.4 Å². The Morgan fingerprint density at radius 2 is 2.00 bits per heavy atom. The minimum atomic E-state index is -2.49. The highest BCUT2D eigenvalue weighted by Crippen LogP contribution is 2.60. The van der Waals surface area contributed by atoms with Gasteiger partial charge in [-0.15, -0.1) is 5.10 Å². The molecule has 0 bridgehead atoms. The summed E-state index contributed by atoms with van der Waals surface area (Å²) in [4.78, 5) is 11.2. The van der Waals surface area contributed by atoms with E-state index in [1.165, 1.54) is 44.5 Å². The first-order chi connectivity index (χ1) is 13.8. The Morgan fingerprint density at radius 3 is 2.59 bits per heavy atom. The maximum absolute atomic E-state index is 11.4. The van der Waals surface area contributed by atoms with Gasteiger partial charge in [0, 0.05) is 38.7 Å². The summed E-state index contributed by atoms with van der Waals surface area (Å²) in [5.41, 5.74) is -1.34. The lowest BCUT2D eigenvalue weighted by atomic mass is 10.2. The number of ether oxygens (including phenoxy) is 1. The summed E-state index contributed by atoms with van der Waals surface area (Å²) in [5.74, 6) is 1.07. The first kappa shape index (κ1) is 24.9. The third kappa shape index (κ3) is 7.10. The number of rotatable bonds is 7. The zero-order valence-electron chi connectivity index (χ0n) is 16.0. The van der Waals surface area contributed by atoms with Gasteiger partial charge in [0.05, 0.1) is 13.7 Å². The van der Waals surface area contributed by atoms with Gasteiger partial charge in [-0.25, -0.2) is 4.68 Å². The van der Waals surface area contributed by atoms with Crippen LogP contribution in [-0.2, 0) is 54.2 Å². The Hall–Kier alpha value is -0.330. The molecule has 0 saturated heterocycles. The van der Waals surface area contributed by atoms with Gasteiger partial charge in [-0.05, 0) is 40.6 Å².